The first-order valence-electron chi connectivity index (χ1n) is 14.1. The Morgan fingerprint density at radius 1 is 0.975 bits per heavy atom. The fourth-order valence-electron chi connectivity index (χ4n) is 5.03. The minimum Gasteiger partial charge on any atom is -0.490 e. The predicted octanol–water partition coefficient (Wildman–Crippen LogP) is 5.02. The van der Waals surface area contributed by atoms with Crippen molar-refractivity contribution in [1.29, 1.82) is 0 Å². The molecule has 2 aromatic rings. The number of para-hydroxylation sites is 1. The molecule has 0 bridgehead atoms. The summed E-state index contributed by atoms with van der Waals surface area (Å²) in [4.78, 5) is 38.0. The predicted molar refractivity (Wildman–Crippen MR) is 155 cm³/mol. The second-order valence-electron chi connectivity index (χ2n) is 10.8. The molecule has 1 saturated carbocycles. The fraction of sp³-hybridized carbons (Fsp3) is 0.469. The van der Waals surface area contributed by atoms with E-state index >= 15 is 0 Å². The maximum atomic E-state index is 13.2. The number of carboxylic acid groups (broad SMARTS) is 1. The van der Waals surface area contributed by atoms with Gasteiger partial charge >= 0.3 is 5.97 Å². The highest BCUT2D eigenvalue weighted by atomic mass is 16.5. The van der Waals surface area contributed by atoms with Crippen LogP contribution in [0.2, 0.25) is 0 Å². The van der Waals surface area contributed by atoms with Crippen molar-refractivity contribution in [3.63, 3.8) is 0 Å². The molecule has 0 heterocycles. The highest BCUT2D eigenvalue weighted by Crippen LogP contribution is 2.37. The van der Waals surface area contributed by atoms with Crippen molar-refractivity contribution >= 4 is 17.8 Å². The zero-order valence-corrected chi connectivity index (χ0v) is 23.6. The van der Waals surface area contributed by atoms with E-state index in [0.29, 0.717) is 30.4 Å². The zero-order chi connectivity index (χ0) is 28.9. The molecule has 1 fully saturated rings. The van der Waals surface area contributed by atoms with Gasteiger partial charge in [-0.15, -0.1) is 0 Å². The number of rotatable bonds is 15. The lowest BCUT2D eigenvalue weighted by molar-refractivity contribution is -0.142. The monoisotopic (exact) mass is 550 g/mol. The van der Waals surface area contributed by atoms with Crippen molar-refractivity contribution < 1.29 is 29.0 Å². The molecule has 2 aromatic carbocycles. The smallest absolute Gasteiger partial charge is 0.326 e. The van der Waals surface area contributed by atoms with E-state index in [1.807, 2.05) is 32.0 Å². The lowest BCUT2D eigenvalue weighted by Gasteiger charge is -2.25. The number of amides is 2. The molecule has 40 heavy (non-hydrogen) atoms. The van der Waals surface area contributed by atoms with Gasteiger partial charge in [0.05, 0.1) is 0 Å². The molecule has 1 aliphatic rings. The van der Waals surface area contributed by atoms with Gasteiger partial charge in [0.2, 0.25) is 5.91 Å². The highest BCUT2D eigenvalue weighted by Gasteiger charge is 2.28. The Labute approximate surface area is 237 Å². The molecule has 0 unspecified atom stereocenters. The van der Waals surface area contributed by atoms with E-state index < -0.39 is 29.9 Å². The summed E-state index contributed by atoms with van der Waals surface area (Å²) in [5.41, 5.74) is 1.85. The second-order valence-corrected chi connectivity index (χ2v) is 10.8. The van der Waals surface area contributed by atoms with Gasteiger partial charge in [-0.25, -0.2) is 4.79 Å². The van der Waals surface area contributed by atoms with Crippen LogP contribution in [-0.4, -0.2) is 48.2 Å². The Kier molecular flexibility index (Phi) is 12.1. The normalized spacial score (nSPS) is 15.1. The van der Waals surface area contributed by atoms with Crippen LogP contribution in [-0.2, 0) is 20.8 Å². The Morgan fingerprint density at radius 3 is 2.33 bits per heavy atom. The van der Waals surface area contributed by atoms with Gasteiger partial charge in [-0.1, -0.05) is 76.1 Å². The van der Waals surface area contributed by atoms with Gasteiger partial charge in [0, 0.05) is 6.42 Å². The maximum absolute atomic E-state index is 13.2. The van der Waals surface area contributed by atoms with Crippen LogP contribution in [0.15, 0.2) is 61.2 Å². The van der Waals surface area contributed by atoms with Gasteiger partial charge in [-0.3, -0.25) is 9.59 Å². The number of hydrogen-bond acceptors (Lipinski definition) is 5. The first-order valence-corrected chi connectivity index (χ1v) is 14.1. The van der Waals surface area contributed by atoms with E-state index in [0.717, 1.165) is 24.0 Å². The van der Waals surface area contributed by atoms with E-state index in [2.05, 4.69) is 23.3 Å². The van der Waals surface area contributed by atoms with E-state index in [4.69, 9.17) is 9.47 Å². The van der Waals surface area contributed by atoms with Crippen LogP contribution in [0.3, 0.4) is 0 Å². The molecular weight excluding hydrogens is 508 g/mol. The first-order chi connectivity index (χ1) is 19.3. The third kappa shape index (κ3) is 9.74. The van der Waals surface area contributed by atoms with Crippen molar-refractivity contribution in [2.75, 3.05) is 13.2 Å². The van der Waals surface area contributed by atoms with E-state index in [-0.39, 0.29) is 18.9 Å². The molecule has 8 nitrogen and oxygen atoms in total. The van der Waals surface area contributed by atoms with Crippen molar-refractivity contribution in [2.24, 2.45) is 5.92 Å². The molecule has 0 spiro atoms. The summed E-state index contributed by atoms with van der Waals surface area (Å²) in [6, 6.07) is 12.8. The van der Waals surface area contributed by atoms with Gasteiger partial charge in [0.1, 0.15) is 30.2 Å². The van der Waals surface area contributed by atoms with Gasteiger partial charge in [-0.05, 0) is 60.4 Å². The molecule has 3 rings (SSSR count). The SMILES string of the molecule is C=CCOc1ccc(C[C@H](NC(=O)[C@H](CC(C)C)NC(=O)COc2ccccc2C2CCCCC2)C(=O)O)cc1. The number of nitrogens with one attached hydrogen (secondary N) is 2. The molecule has 0 saturated heterocycles. The Bertz CT molecular complexity index is 1120. The third-order valence-corrected chi connectivity index (χ3v) is 7.03. The number of ether oxygens (including phenoxy) is 2. The van der Waals surface area contributed by atoms with E-state index in [9.17, 15) is 19.5 Å². The largest absolute Gasteiger partial charge is 0.490 e. The number of carbonyl (C=O) groups is 3. The number of carbonyl (C=O) groups excluding carboxylic acids is 2. The summed E-state index contributed by atoms with van der Waals surface area (Å²) in [5.74, 6) is -0.266. The molecule has 0 aromatic heterocycles. The molecule has 1 aliphatic carbocycles. The van der Waals surface area contributed by atoms with Gasteiger partial charge in [0.25, 0.3) is 5.91 Å². The number of aliphatic carboxylic acids is 1. The average molecular weight is 551 g/mol. The maximum Gasteiger partial charge on any atom is 0.326 e. The van der Waals surface area contributed by atoms with Crippen LogP contribution in [0.25, 0.3) is 0 Å². The minimum atomic E-state index is -1.15. The number of benzene rings is 2. The summed E-state index contributed by atoms with van der Waals surface area (Å²) in [7, 11) is 0. The van der Waals surface area contributed by atoms with Crippen molar-refractivity contribution in [2.45, 2.75) is 76.8 Å². The van der Waals surface area contributed by atoms with E-state index in [1.54, 1.807) is 30.3 Å². The van der Waals surface area contributed by atoms with Crippen molar-refractivity contribution in [1.82, 2.24) is 10.6 Å². The molecule has 0 radical (unpaired) electrons. The van der Waals surface area contributed by atoms with Gasteiger partial charge in [-0.2, -0.15) is 0 Å². The van der Waals surface area contributed by atoms with Crippen LogP contribution in [0.4, 0.5) is 0 Å². The summed E-state index contributed by atoms with van der Waals surface area (Å²) in [6.45, 7) is 7.63. The topological polar surface area (TPSA) is 114 Å². The molecular formula is C32H42N2O6. The minimum absolute atomic E-state index is 0.0895. The van der Waals surface area contributed by atoms with Crippen LogP contribution >= 0.6 is 0 Å². The number of hydrogen-bond donors (Lipinski definition) is 3. The van der Waals surface area contributed by atoms with Crippen molar-refractivity contribution in [3.8, 4) is 11.5 Å². The second kappa shape index (κ2) is 15.7. The molecule has 8 heteroatoms. The number of carboxylic acids is 1. The molecule has 3 N–H and O–H groups in total. The van der Waals surface area contributed by atoms with Crippen LogP contribution in [0, 0.1) is 5.92 Å². The molecule has 2 amide bonds. The Hall–Kier alpha value is -3.81. The standard InChI is InChI=1S/C32H42N2O6/c1-4-18-39-25-16-14-23(15-17-25)20-28(32(37)38)34-31(36)27(19-22(2)3)33-30(35)21-40-29-13-9-8-12-26(29)24-10-6-5-7-11-24/h4,8-9,12-17,22,24,27-28H,1,5-7,10-11,18-21H2,2-3H3,(H,33,35)(H,34,36)(H,37,38)/t27-,28-/m0/s1. The summed E-state index contributed by atoms with van der Waals surface area (Å²) >= 11 is 0. The van der Waals surface area contributed by atoms with E-state index in [1.165, 1.54) is 19.3 Å². The molecule has 0 aliphatic heterocycles. The Balaban J connectivity index is 1.60. The molecule has 2 atom stereocenters. The average Bonchev–Trinajstić information content (AvgIpc) is 2.95. The van der Waals surface area contributed by atoms with Gasteiger partial charge < -0.3 is 25.2 Å². The zero-order valence-electron chi connectivity index (χ0n) is 23.6. The first kappa shape index (κ1) is 30.7. The highest BCUT2D eigenvalue weighted by molar-refractivity contribution is 5.90. The third-order valence-electron chi connectivity index (χ3n) is 7.03. The fourth-order valence-corrected chi connectivity index (χ4v) is 5.03. The quantitative estimate of drug-likeness (QED) is 0.268. The lowest BCUT2D eigenvalue weighted by Crippen LogP contribution is -2.53. The molecule has 216 valence electrons. The Morgan fingerprint density at radius 2 is 1.68 bits per heavy atom. The van der Waals surface area contributed by atoms with Gasteiger partial charge in [0.15, 0.2) is 6.61 Å². The van der Waals surface area contributed by atoms with Crippen LogP contribution in [0.5, 0.6) is 11.5 Å². The van der Waals surface area contributed by atoms with Crippen LogP contribution < -0.4 is 20.1 Å². The van der Waals surface area contributed by atoms with Crippen molar-refractivity contribution in [3.05, 3.63) is 72.3 Å². The summed E-state index contributed by atoms with van der Waals surface area (Å²) < 4.78 is 11.4. The summed E-state index contributed by atoms with van der Waals surface area (Å²) in [6.07, 6.45) is 7.95. The lowest BCUT2D eigenvalue weighted by atomic mass is 9.84. The van der Waals surface area contributed by atoms with Crippen LogP contribution in [0.1, 0.15) is 69.4 Å². The summed E-state index contributed by atoms with van der Waals surface area (Å²) in [5, 5.41) is 15.2.